The minimum absolute atomic E-state index is 0.0703. The van der Waals surface area contributed by atoms with Gasteiger partial charge in [-0.15, -0.1) is 0 Å². The molecule has 29 heavy (non-hydrogen) atoms. The zero-order valence-corrected chi connectivity index (χ0v) is 17.5. The lowest BCUT2D eigenvalue weighted by Crippen LogP contribution is -2.37. The second kappa shape index (κ2) is 6.89. The van der Waals surface area contributed by atoms with E-state index in [0.717, 1.165) is 67.0 Å². The Morgan fingerprint density at radius 1 is 1.00 bits per heavy atom. The van der Waals surface area contributed by atoms with Gasteiger partial charge in [0.15, 0.2) is 5.78 Å². The number of hydrogen-bond donors (Lipinski definition) is 0. The van der Waals surface area contributed by atoms with E-state index in [1.807, 2.05) is 0 Å². The van der Waals surface area contributed by atoms with E-state index in [9.17, 15) is 4.79 Å². The fraction of sp³-hybridized carbons (Fsp3) is 0.654. The van der Waals surface area contributed by atoms with Crippen LogP contribution in [0.25, 0.3) is 6.08 Å². The van der Waals surface area contributed by atoms with Gasteiger partial charge in [-0.2, -0.15) is 0 Å². The highest BCUT2D eigenvalue weighted by Gasteiger charge is 2.55. The van der Waals surface area contributed by atoms with Gasteiger partial charge in [0.25, 0.3) is 0 Å². The molecule has 3 aliphatic carbocycles. The van der Waals surface area contributed by atoms with Gasteiger partial charge in [-0.25, -0.2) is 0 Å². The van der Waals surface area contributed by atoms with E-state index in [4.69, 9.17) is 4.74 Å². The maximum absolute atomic E-state index is 13.7. The van der Waals surface area contributed by atoms with Crippen molar-refractivity contribution in [1.29, 1.82) is 0 Å². The summed E-state index contributed by atoms with van der Waals surface area (Å²) < 4.78 is 6.16. The summed E-state index contributed by atoms with van der Waals surface area (Å²) in [4.78, 5) is 16.2. The highest BCUT2D eigenvalue weighted by atomic mass is 16.5. The molecule has 3 heteroatoms. The van der Waals surface area contributed by atoms with Crippen LogP contribution in [0.3, 0.4) is 0 Å². The first kappa shape index (κ1) is 18.0. The number of fused-ring (bicyclic) bond motifs is 3. The van der Waals surface area contributed by atoms with Crippen LogP contribution in [0.15, 0.2) is 23.8 Å². The van der Waals surface area contributed by atoms with Gasteiger partial charge in [-0.1, -0.05) is 19.3 Å². The van der Waals surface area contributed by atoms with Crippen molar-refractivity contribution < 1.29 is 9.53 Å². The Morgan fingerprint density at radius 3 is 2.76 bits per heavy atom. The number of carbonyl (C=O) groups is 1. The number of ether oxygens (including phenoxy) is 1. The van der Waals surface area contributed by atoms with E-state index in [0.29, 0.717) is 12.4 Å². The fourth-order valence-electron chi connectivity index (χ4n) is 7.40. The van der Waals surface area contributed by atoms with Gasteiger partial charge in [0.2, 0.25) is 0 Å². The van der Waals surface area contributed by atoms with Gasteiger partial charge in [0, 0.05) is 41.4 Å². The van der Waals surface area contributed by atoms with E-state index < -0.39 is 0 Å². The fourth-order valence-corrected chi connectivity index (χ4v) is 7.40. The van der Waals surface area contributed by atoms with Crippen LogP contribution in [-0.4, -0.2) is 25.5 Å². The van der Waals surface area contributed by atoms with Gasteiger partial charge >= 0.3 is 0 Å². The Balaban J connectivity index is 1.26. The molecule has 1 saturated heterocycles. The SMILES string of the molecule is O=C(C1=Cc2ccc(N3CCCCC3)cc2OC1)C12CC3CCCC(C1)C(C3)C2. The van der Waals surface area contributed by atoms with Gasteiger partial charge in [-0.3, -0.25) is 4.79 Å². The summed E-state index contributed by atoms with van der Waals surface area (Å²) >= 11 is 0. The molecule has 2 heterocycles. The van der Waals surface area contributed by atoms with Gasteiger partial charge in [0.1, 0.15) is 12.4 Å². The molecule has 0 aromatic heterocycles. The summed E-state index contributed by atoms with van der Waals surface area (Å²) in [6, 6.07) is 6.57. The molecule has 3 bridgehead atoms. The molecule has 0 radical (unpaired) electrons. The number of benzene rings is 1. The molecule has 154 valence electrons. The summed E-state index contributed by atoms with van der Waals surface area (Å²) in [6.07, 6.45) is 14.9. The molecule has 0 N–H and O–H groups in total. The maximum atomic E-state index is 13.7. The minimum Gasteiger partial charge on any atom is -0.488 e. The predicted molar refractivity (Wildman–Crippen MR) is 116 cm³/mol. The Morgan fingerprint density at radius 2 is 1.86 bits per heavy atom. The first-order valence-electron chi connectivity index (χ1n) is 12.0. The molecule has 0 spiro atoms. The number of carbonyl (C=O) groups excluding carboxylic acids is 1. The Kier molecular flexibility index (Phi) is 4.28. The van der Waals surface area contributed by atoms with Crippen LogP contribution in [0.1, 0.15) is 69.8 Å². The molecule has 3 saturated carbocycles. The molecular formula is C26H33NO2. The number of ketones is 1. The molecule has 0 amide bonds. The van der Waals surface area contributed by atoms with E-state index >= 15 is 0 Å². The van der Waals surface area contributed by atoms with Crippen molar-refractivity contribution in [1.82, 2.24) is 0 Å². The van der Waals surface area contributed by atoms with Crippen molar-refractivity contribution in [2.45, 2.75) is 64.2 Å². The topological polar surface area (TPSA) is 29.5 Å². The average molecular weight is 392 g/mol. The zero-order chi connectivity index (χ0) is 19.4. The molecular weight excluding hydrogens is 358 g/mol. The predicted octanol–water partition coefficient (Wildman–Crippen LogP) is 5.63. The normalized spacial score (nSPS) is 35.5. The number of nitrogens with zero attached hydrogens (tertiary/aromatic N) is 1. The lowest BCUT2D eigenvalue weighted by Gasteiger charge is -2.37. The van der Waals surface area contributed by atoms with Crippen LogP contribution in [0.5, 0.6) is 5.75 Å². The van der Waals surface area contributed by atoms with E-state index in [1.54, 1.807) is 0 Å². The number of hydrogen-bond acceptors (Lipinski definition) is 3. The number of anilines is 1. The summed E-state index contributed by atoms with van der Waals surface area (Å²) in [5, 5.41) is 0. The summed E-state index contributed by atoms with van der Waals surface area (Å²) in [6.45, 7) is 2.74. The van der Waals surface area contributed by atoms with Crippen LogP contribution in [0, 0.1) is 23.2 Å². The highest BCUT2D eigenvalue weighted by Crippen LogP contribution is 2.61. The third kappa shape index (κ3) is 3.04. The van der Waals surface area contributed by atoms with Crippen molar-refractivity contribution in [2.75, 3.05) is 24.6 Å². The third-order valence-corrected chi connectivity index (χ3v) is 8.68. The van der Waals surface area contributed by atoms with Crippen molar-refractivity contribution in [3.8, 4) is 5.75 Å². The van der Waals surface area contributed by atoms with Crippen LogP contribution < -0.4 is 9.64 Å². The first-order valence-corrected chi connectivity index (χ1v) is 12.0. The monoisotopic (exact) mass is 391 g/mol. The Bertz CT molecular complexity index is 848. The Hall–Kier alpha value is -1.77. The minimum atomic E-state index is -0.0703. The van der Waals surface area contributed by atoms with Crippen molar-refractivity contribution in [3.05, 3.63) is 29.3 Å². The van der Waals surface area contributed by atoms with Gasteiger partial charge < -0.3 is 9.64 Å². The molecule has 4 fully saturated rings. The highest BCUT2D eigenvalue weighted by molar-refractivity contribution is 6.04. The summed E-state index contributed by atoms with van der Waals surface area (Å²) in [5.74, 6) is 3.77. The van der Waals surface area contributed by atoms with E-state index in [-0.39, 0.29) is 5.41 Å². The number of Topliss-reactive ketones (excluding diaryl/α,β-unsaturated/α-hetero) is 1. The number of rotatable bonds is 3. The molecule has 2 aliphatic heterocycles. The quantitative estimate of drug-likeness (QED) is 0.669. The maximum Gasteiger partial charge on any atom is 0.168 e. The van der Waals surface area contributed by atoms with Crippen molar-refractivity contribution >= 4 is 17.5 Å². The standard InChI is InChI=1S/C26H33NO2/c28-25(26-14-18-5-4-6-20(15-26)21(11-18)16-26)22-12-19-7-8-23(13-24(19)29-17-22)27-9-2-1-3-10-27/h7-8,12-13,18,20-21H,1-6,9-11,14-17H2. The molecule has 3 nitrogen and oxygen atoms in total. The third-order valence-electron chi connectivity index (χ3n) is 8.68. The van der Waals surface area contributed by atoms with E-state index in [1.165, 1.54) is 50.6 Å². The van der Waals surface area contributed by atoms with Crippen LogP contribution in [0.4, 0.5) is 5.69 Å². The summed E-state index contributed by atoms with van der Waals surface area (Å²) in [5.41, 5.74) is 3.20. The first-order chi connectivity index (χ1) is 14.2. The molecule has 1 aromatic carbocycles. The average Bonchev–Trinajstić information content (AvgIpc) is 2.94. The van der Waals surface area contributed by atoms with Crippen molar-refractivity contribution in [2.24, 2.45) is 23.2 Å². The van der Waals surface area contributed by atoms with E-state index in [2.05, 4.69) is 29.2 Å². The molecule has 4 atom stereocenters. The zero-order valence-electron chi connectivity index (χ0n) is 17.5. The molecule has 4 unspecified atom stereocenters. The smallest absolute Gasteiger partial charge is 0.168 e. The van der Waals surface area contributed by atoms with Gasteiger partial charge in [-0.05, 0) is 80.9 Å². The Labute approximate surface area is 174 Å². The van der Waals surface area contributed by atoms with Crippen LogP contribution in [0.2, 0.25) is 0 Å². The lowest BCUT2D eigenvalue weighted by atomic mass is 9.66. The largest absolute Gasteiger partial charge is 0.488 e. The molecule has 1 aromatic rings. The number of piperidine rings is 1. The molecule has 6 rings (SSSR count). The van der Waals surface area contributed by atoms with Crippen LogP contribution >= 0.6 is 0 Å². The summed E-state index contributed by atoms with van der Waals surface area (Å²) in [7, 11) is 0. The second-order valence-electron chi connectivity index (χ2n) is 10.5. The molecule has 5 aliphatic rings. The van der Waals surface area contributed by atoms with Crippen LogP contribution in [-0.2, 0) is 4.79 Å². The van der Waals surface area contributed by atoms with Crippen molar-refractivity contribution in [3.63, 3.8) is 0 Å². The second-order valence-corrected chi connectivity index (χ2v) is 10.5. The lowest BCUT2D eigenvalue weighted by molar-refractivity contribution is -0.127. The van der Waals surface area contributed by atoms with Gasteiger partial charge in [0.05, 0.1) is 0 Å².